The van der Waals surface area contributed by atoms with E-state index >= 15 is 0 Å². The van der Waals surface area contributed by atoms with Gasteiger partial charge in [-0.3, -0.25) is 9.69 Å². The van der Waals surface area contributed by atoms with E-state index in [-0.39, 0.29) is 48.2 Å². The summed E-state index contributed by atoms with van der Waals surface area (Å²) in [4.78, 5) is 15.2. The fourth-order valence-corrected chi connectivity index (χ4v) is 4.55. The average molecular weight is 394 g/mol. The van der Waals surface area contributed by atoms with Gasteiger partial charge < -0.3 is 9.84 Å². The van der Waals surface area contributed by atoms with Gasteiger partial charge >= 0.3 is 5.97 Å². The molecule has 1 aliphatic rings. The van der Waals surface area contributed by atoms with Crippen LogP contribution in [0.5, 0.6) is 0 Å². The Morgan fingerprint density at radius 3 is 2.50 bits per heavy atom. The lowest BCUT2D eigenvalue weighted by Crippen LogP contribution is -2.51. The molecule has 1 aromatic carbocycles. The molecule has 0 saturated heterocycles. The number of esters is 1. The lowest BCUT2D eigenvalue weighted by molar-refractivity contribution is -0.164. The number of aliphatic hydroxyl groups is 1. The van der Waals surface area contributed by atoms with E-state index in [4.69, 9.17) is 4.74 Å². The Hall–Kier alpha value is -1.46. The zero-order valence-electron chi connectivity index (χ0n) is 18.1. The summed E-state index contributed by atoms with van der Waals surface area (Å²) in [5.74, 6) is -0.188. The molecule has 3 unspecified atom stereocenters. The Labute approximate surface area is 169 Å². The summed E-state index contributed by atoms with van der Waals surface area (Å²) in [7, 11) is 0. The average Bonchev–Trinajstić information content (AvgIpc) is 3.01. The molecule has 1 saturated carbocycles. The topological polar surface area (TPSA) is 49.8 Å². The van der Waals surface area contributed by atoms with Gasteiger partial charge in [-0.1, -0.05) is 32.9 Å². The highest BCUT2D eigenvalue weighted by molar-refractivity contribution is 5.76. The monoisotopic (exact) mass is 393 g/mol. The fraction of sp³-hybridized carbons (Fsp3) is 0.696. The third-order valence-corrected chi connectivity index (χ3v) is 5.65. The number of hydrogen-bond acceptors (Lipinski definition) is 4. The molecule has 0 bridgehead atoms. The normalized spacial score (nSPS) is 24.0. The standard InChI is InChI=1S/C23H36FNO3/c1-7-25(21(15(2)3)22(27)28-23(4,5)6)19-12-17(14-26)20(13-19)16-9-8-10-18(24)11-16/h8-11,15,17,19-21,26H,7,12-14H2,1-6H3/t17?,19?,20?,21-/m1/s1. The Morgan fingerprint density at radius 2 is 2.00 bits per heavy atom. The smallest absolute Gasteiger partial charge is 0.324 e. The second-order valence-electron chi connectivity index (χ2n) is 9.28. The van der Waals surface area contributed by atoms with Gasteiger partial charge in [-0.05, 0) is 75.6 Å². The van der Waals surface area contributed by atoms with Crippen LogP contribution < -0.4 is 0 Å². The highest BCUT2D eigenvalue weighted by Crippen LogP contribution is 2.42. The van der Waals surface area contributed by atoms with E-state index in [1.165, 1.54) is 6.07 Å². The highest BCUT2D eigenvalue weighted by Gasteiger charge is 2.42. The second-order valence-corrected chi connectivity index (χ2v) is 9.28. The Morgan fingerprint density at radius 1 is 1.32 bits per heavy atom. The third-order valence-electron chi connectivity index (χ3n) is 5.65. The van der Waals surface area contributed by atoms with E-state index in [0.717, 1.165) is 24.9 Å². The van der Waals surface area contributed by atoms with Gasteiger partial charge in [0.25, 0.3) is 0 Å². The van der Waals surface area contributed by atoms with Crippen LogP contribution in [0.3, 0.4) is 0 Å². The lowest BCUT2D eigenvalue weighted by atomic mass is 9.89. The number of likely N-dealkylation sites (N-methyl/N-ethyl adjacent to an activating group) is 1. The van der Waals surface area contributed by atoms with E-state index in [1.807, 2.05) is 40.7 Å². The van der Waals surface area contributed by atoms with Gasteiger partial charge in [-0.25, -0.2) is 4.39 Å². The van der Waals surface area contributed by atoms with Crippen molar-refractivity contribution in [1.82, 2.24) is 4.90 Å². The van der Waals surface area contributed by atoms with Crippen LogP contribution in [0.4, 0.5) is 4.39 Å². The number of hydrogen-bond donors (Lipinski definition) is 1. The fourth-order valence-electron chi connectivity index (χ4n) is 4.55. The van der Waals surface area contributed by atoms with Crippen LogP contribution in [-0.4, -0.2) is 46.8 Å². The summed E-state index contributed by atoms with van der Waals surface area (Å²) in [5.41, 5.74) is 0.396. The zero-order chi connectivity index (χ0) is 21.1. The maximum Gasteiger partial charge on any atom is 0.324 e. The number of ether oxygens (including phenoxy) is 1. The molecular formula is C23H36FNO3. The molecule has 0 aliphatic heterocycles. The van der Waals surface area contributed by atoms with Crippen molar-refractivity contribution in [2.45, 2.75) is 78.0 Å². The van der Waals surface area contributed by atoms with Crippen molar-refractivity contribution in [2.24, 2.45) is 11.8 Å². The summed E-state index contributed by atoms with van der Waals surface area (Å²) in [6.45, 7) is 12.6. The first-order valence-corrected chi connectivity index (χ1v) is 10.4. The van der Waals surface area contributed by atoms with Gasteiger partial charge in [0.15, 0.2) is 0 Å². The van der Waals surface area contributed by atoms with Gasteiger partial charge in [-0.15, -0.1) is 0 Å². The van der Waals surface area contributed by atoms with E-state index in [9.17, 15) is 14.3 Å². The molecule has 1 aliphatic carbocycles. The highest BCUT2D eigenvalue weighted by atomic mass is 19.1. The zero-order valence-corrected chi connectivity index (χ0v) is 18.1. The van der Waals surface area contributed by atoms with Crippen molar-refractivity contribution in [3.8, 4) is 0 Å². The SMILES string of the molecule is CCN(C1CC(CO)C(c2cccc(F)c2)C1)[C@@H](C(=O)OC(C)(C)C)C(C)C. The van der Waals surface area contributed by atoms with Crippen molar-refractivity contribution >= 4 is 5.97 Å². The molecule has 0 amide bonds. The molecule has 1 N–H and O–H groups in total. The van der Waals surface area contributed by atoms with Crippen molar-refractivity contribution < 1.29 is 19.0 Å². The molecule has 4 atom stereocenters. The minimum atomic E-state index is -0.531. The summed E-state index contributed by atoms with van der Waals surface area (Å²) < 4.78 is 19.4. The molecule has 5 heteroatoms. The van der Waals surface area contributed by atoms with Crippen molar-refractivity contribution in [3.63, 3.8) is 0 Å². The van der Waals surface area contributed by atoms with E-state index in [0.29, 0.717) is 0 Å². The predicted octanol–water partition coefficient (Wildman–Crippen LogP) is 4.37. The number of carbonyl (C=O) groups excluding carboxylic acids is 1. The number of halogens is 1. The maximum atomic E-state index is 13.7. The number of nitrogens with zero attached hydrogens (tertiary/aromatic N) is 1. The van der Waals surface area contributed by atoms with Crippen molar-refractivity contribution in [1.29, 1.82) is 0 Å². The van der Waals surface area contributed by atoms with Gasteiger partial charge in [0.2, 0.25) is 0 Å². The lowest BCUT2D eigenvalue weighted by Gasteiger charge is -2.38. The molecule has 158 valence electrons. The second kappa shape index (κ2) is 9.36. The molecule has 0 aromatic heterocycles. The Kier molecular flexibility index (Phi) is 7.63. The number of rotatable bonds is 7. The molecule has 0 spiro atoms. The molecule has 4 nitrogen and oxygen atoms in total. The molecule has 1 fully saturated rings. The minimum Gasteiger partial charge on any atom is -0.459 e. The molecule has 0 heterocycles. The molecule has 0 radical (unpaired) electrons. The molecule has 2 rings (SSSR count). The van der Waals surface area contributed by atoms with Gasteiger partial charge in [0.05, 0.1) is 0 Å². The number of aliphatic hydroxyl groups excluding tert-OH is 1. The quantitative estimate of drug-likeness (QED) is 0.699. The molecular weight excluding hydrogens is 357 g/mol. The summed E-state index contributed by atoms with van der Waals surface area (Å²) in [5, 5.41) is 9.95. The minimum absolute atomic E-state index is 0.0623. The van der Waals surface area contributed by atoms with E-state index in [1.54, 1.807) is 12.1 Å². The third kappa shape index (κ3) is 5.54. The van der Waals surface area contributed by atoms with Crippen LogP contribution in [0, 0.1) is 17.7 Å². The predicted molar refractivity (Wildman–Crippen MR) is 110 cm³/mol. The molecule has 28 heavy (non-hydrogen) atoms. The summed E-state index contributed by atoms with van der Waals surface area (Å²) in [6, 6.07) is 6.49. The number of benzene rings is 1. The van der Waals surface area contributed by atoms with E-state index in [2.05, 4.69) is 11.8 Å². The van der Waals surface area contributed by atoms with Crippen LogP contribution in [0.15, 0.2) is 24.3 Å². The van der Waals surface area contributed by atoms with Crippen LogP contribution >= 0.6 is 0 Å². The number of carbonyl (C=O) groups is 1. The molecule has 1 aromatic rings. The van der Waals surface area contributed by atoms with Gasteiger partial charge in [0.1, 0.15) is 17.5 Å². The van der Waals surface area contributed by atoms with Gasteiger partial charge in [0, 0.05) is 12.6 Å². The van der Waals surface area contributed by atoms with Crippen LogP contribution in [0.2, 0.25) is 0 Å². The first kappa shape index (κ1) is 22.8. The van der Waals surface area contributed by atoms with Crippen LogP contribution in [-0.2, 0) is 9.53 Å². The largest absolute Gasteiger partial charge is 0.459 e. The van der Waals surface area contributed by atoms with Crippen molar-refractivity contribution in [2.75, 3.05) is 13.2 Å². The first-order chi connectivity index (χ1) is 13.1. The van der Waals surface area contributed by atoms with E-state index < -0.39 is 5.60 Å². The summed E-state index contributed by atoms with van der Waals surface area (Å²) >= 11 is 0. The Balaban J connectivity index is 2.25. The first-order valence-electron chi connectivity index (χ1n) is 10.4. The van der Waals surface area contributed by atoms with Crippen molar-refractivity contribution in [3.05, 3.63) is 35.6 Å². The van der Waals surface area contributed by atoms with Crippen LogP contribution in [0.25, 0.3) is 0 Å². The summed E-state index contributed by atoms with van der Waals surface area (Å²) in [6.07, 6.45) is 1.59. The van der Waals surface area contributed by atoms with Crippen LogP contribution in [0.1, 0.15) is 65.9 Å². The van der Waals surface area contributed by atoms with Gasteiger partial charge in [-0.2, -0.15) is 0 Å². The maximum absolute atomic E-state index is 13.7. The Bertz CT molecular complexity index is 655.